The highest BCUT2D eigenvalue weighted by Gasteiger charge is 2.25. The van der Waals surface area contributed by atoms with Crippen LogP contribution in [0, 0.1) is 17.2 Å². The Balaban J connectivity index is 2.06. The maximum absolute atomic E-state index is 8.66. The highest BCUT2D eigenvalue weighted by molar-refractivity contribution is 5.63. The van der Waals surface area contributed by atoms with E-state index in [0.717, 1.165) is 5.92 Å². The number of nitriles is 1. The van der Waals surface area contributed by atoms with E-state index in [4.69, 9.17) is 11.0 Å². The zero-order valence-corrected chi connectivity index (χ0v) is 8.70. The largest absolute Gasteiger partial charge is 0.396 e. The number of anilines is 2. The van der Waals surface area contributed by atoms with Gasteiger partial charge in [-0.25, -0.2) is 4.98 Å². The van der Waals surface area contributed by atoms with Gasteiger partial charge in [0.1, 0.15) is 11.9 Å². The molecule has 0 radical (unpaired) electrons. The first-order valence-electron chi connectivity index (χ1n) is 5.11. The summed E-state index contributed by atoms with van der Waals surface area (Å²) in [5, 5.41) is 11.9. The van der Waals surface area contributed by atoms with Crippen LogP contribution < -0.4 is 11.1 Å². The molecule has 2 rings (SSSR count). The first-order chi connectivity index (χ1) is 7.19. The van der Waals surface area contributed by atoms with Crippen molar-refractivity contribution in [2.45, 2.75) is 25.8 Å². The predicted octanol–water partition coefficient (Wildman–Crippen LogP) is 1.75. The number of pyridine rings is 1. The van der Waals surface area contributed by atoms with Crippen LogP contribution in [0.3, 0.4) is 0 Å². The molecule has 0 saturated heterocycles. The van der Waals surface area contributed by atoms with Gasteiger partial charge in [0.15, 0.2) is 0 Å². The molecule has 0 unspecified atom stereocenters. The molecule has 1 heterocycles. The van der Waals surface area contributed by atoms with E-state index in [0.29, 0.717) is 23.1 Å². The van der Waals surface area contributed by atoms with Crippen molar-refractivity contribution < 1.29 is 0 Å². The lowest BCUT2D eigenvalue weighted by Crippen LogP contribution is -2.34. The van der Waals surface area contributed by atoms with E-state index in [9.17, 15) is 0 Å². The summed E-state index contributed by atoms with van der Waals surface area (Å²) < 4.78 is 0. The molecule has 1 aliphatic carbocycles. The van der Waals surface area contributed by atoms with Crippen LogP contribution in [0.2, 0.25) is 0 Å². The third kappa shape index (κ3) is 2.01. The third-order valence-electron chi connectivity index (χ3n) is 2.76. The number of nitrogen functional groups attached to an aromatic ring is 1. The number of hydrogen-bond donors (Lipinski definition) is 2. The van der Waals surface area contributed by atoms with Crippen molar-refractivity contribution in [1.82, 2.24) is 4.98 Å². The lowest BCUT2D eigenvalue weighted by Gasteiger charge is -2.33. The van der Waals surface area contributed by atoms with Crippen LogP contribution in [0.1, 0.15) is 25.3 Å². The minimum Gasteiger partial charge on any atom is -0.396 e. The van der Waals surface area contributed by atoms with Gasteiger partial charge in [-0.2, -0.15) is 5.26 Å². The summed E-state index contributed by atoms with van der Waals surface area (Å²) in [6, 6.07) is 4.15. The SMILES string of the molecule is CC1CC(Nc2ncc(C#N)cc2N)C1. The summed E-state index contributed by atoms with van der Waals surface area (Å²) in [5.41, 5.74) is 6.83. The molecule has 0 amide bonds. The second-order valence-electron chi connectivity index (χ2n) is 4.19. The van der Waals surface area contributed by atoms with E-state index in [2.05, 4.69) is 17.2 Å². The second kappa shape index (κ2) is 3.77. The number of nitrogens with two attached hydrogens (primary N) is 1. The molecule has 1 aliphatic rings. The van der Waals surface area contributed by atoms with Crippen LogP contribution in [0.4, 0.5) is 11.5 Å². The van der Waals surface area contributed by atoms with Crippen molar-refractivity contribution in [2.24, 2.45) is 5.92 Å². The molecule has 1 aromatic heterocycles. The summed E-state index contributed by atoms with van der Waals surface area (Å²) in [6.07, 6.45) is 3.88. The molecule has 0 aliphatic heterocycles. The lowest BCUT2D eigenvalue weighted by molar-refractivity contribution is 0.308. The minimum atomic E-state index is 0.489. The molecule has 1 fully saturated rings. The van der Waals surface area contributed by atoms with Crippen LogP contribution in [-0.2, 0) is 0 Å². The van der Waals surface area contributed by atoms with Gasteiger partial charge >= 0.3 is 0 Å². The van der Waals surface area contributed by atoms with Crippen molar-refractivity contribution in [3.05, 3.63) is 17.8 Å². The normalized spacial score (nSPS) is 24.0. The fraction of sp³-hybridized carbons (Fsp3) is 0.455. The van der Waals surface area contributed by atoms with Crippen LogP contribution in [0.15, 0.2) is 12.3 Å². The van der Waals surface area contributed by atoms with Gasteiger partial charge in [-0.3, -0.25) is 0 Å². The Morgan fingerprint density at radius 2 is 2.33 bits per heavy atom. The van der Waals surface area contributed by atoms with Crippen LogP contribution >= 0.6 is 0 Å². The summed E-state index contributed by atoms with van der Waals surface area (Å²) in [4.78, 5) is 4.14. The van der Waals surface area contributed by atoms with Crippen LogP contribution in [0.5, 0.6) is 0 Å². The van der Waals surface area contributed by atoms with Gasteiger partial charge < -0.3 is 11.1 Å². The standard InChI is InChI=1S/C11H14N4/c1-7-2-9(3-7)15-11-10(13)4-8(5-12)6-14-11/h4,6-7,9H,2-3,13H2,1H3,(H,14,15). The zero-order valence-electron chi connectivity index (χ0n) is 8.70. The summed E-state index contributed by atoms with van der Waals surface area (Å²) in [6.45, 7) is 2.23. The first kappa shape index (κ1) is 9.78. The van der Waals surface area contributed by atoms with E-state index < -0.39 is 0 Å². The number of nitrogens with one attached hydrogen (secondary N) is 1. The lowest BCUT2D eigenvalue weighted by atomic mass is 9.82. The smallest absolute Gasteiger partial charge is 0.149 e. The van der Waals surface area contributed by atoms with E-state index in [1.807, 2.05) is 6.07 Å². The molecule has 1 aromatic rings. The van der Waals surface area contributed by atoms with Crippen molar-refractivity contribution in [2.75, 3.05) is 11.1 Å². The Labute approximate surface area is 89.1 Å². The van der Waals surface area contributed by atoms with Gasteiger partial charge in [0.05, 0.1) is 11.3 Å². The molecule has 4 nitrogen and oxygen atoms in total. The molecular formula is C11H14N4. The molecular weight excluding hydrogens is 188 g/mol. The summed E-state index contributed by atoms with van der Waals surface area (Å²) in [7, 11) is 0. The predicted molar refractivity (Wildman–Crippen MR) is 59.2 cm³/mol. The highest BCUT2D eigenvalue weighted by atomic mass is 15.0. The van der Waals surface area contributed by atoms with Gasteiger partial charge in [0, 0.05) is 12.2 Å². The molecule has 78 valence electrons. The fourth-order valence-corrected chi connectivity index (χ4v) is 1.88. The number of aromatic nitrogens is 1. The second-order valence-corrected chi connectivity index (χ2v) is 4.19. The number of nitrogens with zero attached hydrogens (tertiary/aromatic N) is 2. The van der Waals surface area contributed by atoms with E-state index in [1.165, 1.54) is 12.8 Å². The van der Waals surface area contributed by atoms with Crippen molar-refractivity contribution in [3.8, 4) is 6.07 Å². The molecule has 1 saturated carbocycles. The van der Waals surface area contributed by atoms with E-state index >= 15 is 0 Å². The maximum Gasteiger partial charge on any atom is 0.149 e. The Morgan fingerprint density at radius 1 is 1.60 bits per heavy atom. The van der Waals surface area contributed by atoms with Crippen molar-refractivity contribution in [3.63, 3.8) is 0 Å². The van der Waals surface area contributed by atoms with Gasteiger partial charge in [0.2, 0.25) is 0 Å². The summed E-state index contributed by atoms with van der Waals surface area (Å²) >= 11 is 0. The minimum absolute atomic E-state index is 0.489. The average molecular weight is 202 g/mol. The Bertz CT molecular complexity index is 402. The van der Waals surface area contributed by atoms with Crippen LogP contribution in [-0.4, -0.2) is 11.0 Å². The van der Waals surface area contributed by atoms with Gasteiger partial charge in [0.25, 0.3) is 0 Å². The van der Waals surface area contributed by atoms with E-state index in [-0.39, 0.29) is 0 Å². The molecule has 0 aromatic carbocycles. The zero-order chi connectivity index (χ0) is 10.8. The Kier molecular flexibility index (Phi) is 2.46. The highest BCUT2D eigenvalue weighted by Crippen LogP contribution is 2.30. The first-order valence-corrected chi connectivity index (χ1v) is 5.11. The summed E-state index contributed by atoms with van der Waals surface area (Å²) in [5.74, 6) is 1.49. The fourth-order valence-electron chi connectivity index (χ4n) is 1.88. The topological polar surface area (TPSA) is 74.7 Å². The monoisotopic (exact) mass is 202 g/mol. The van der Waals surface area contributed by atoms with Crippen molar-refractivity contribution in [1.29, 1.82) is 5.26 Å². The molecule has 4 heteroatoms. The van der Waals surface area contributed by atoms with Gasteiger partial charge in [-0.05, 0) is 24.8 Å². The number of rotatable bonds is 2. The Hall–Kier alpha value is -1.76. The molecule has 3 N–H and O–H groups in total. The molecule has 0 spiro atoms. The Morgan fingerprint density at radius 3 is 2.87 bits per heavy atom. The average Bonchev–Trinajstić information content (AvgIpc) is 2.18. The maximum atomic E-state index is 8.66. The molecule has 15 heavy (non-hydrogen) atoms. The van der Waals surface area contributed by atoms with Gasteiger partial charge in [-0.1, -0.05) is 6.92 Å². The third-order valence-corrected chi connectivity index (χ3v) is 2.76. The quantitative estimate of drug-likeness (QED) is 0.766. The van der Waals surface area contributed by atoms with Gasteiger partial charge in [-0.15, -0.1) is 0 Å². The van der Waals surface area contributed by atoms with Crippen LogP contribution in [0.25, 0.3) is 0 Å². The molecule has 0 bridgehead atoms. The number of hydrogen-bond acceptors (Lipinski definition) is 4. The van der Waals surface area contributed by atoms with E-state index in [1.54, 1.807) is 12.3 Å². The van der Waals surface area contributed by atoms with Crippen molar-refractivity contribution >= 4 is 11.5 Å². The molecule has 0 atom stereocenters.